The average Bonchev–Trinajstić information content (AvgIpc) is 2.05. The van der Waals surface area contributed by atoms with Crippen LogP contribution < -0.4 is 21.9 Å². The molecule has 0 saturated carbocycles. The van der Waals surface area contributed by atoms with Crippen LogP contribution in [0.3, 0.4) is 0 Å². The number of halogens is 1. The van der Waals surface area contributed by atoms with Crippen LogP contribution in [0, 0.1) is 5.92 Å². The summed E-state index contributed by atoms with van der Waals surface area (Å²) in [4.78, 5) is 1.82. The summed E-state index contributed by atoms with van der Waals surface area (Å²) in [5.74, 6) is 1.01. The van der Waals surface area contributed by atoms with E-state index in [1.54, 1.807) is 0 Å². The van der Waals surface area contributed by atoms with Crippen molar-refractivity contribution in [3.63, 3.8) is 0 Å². The number of quaternary nitrogens is 1. The van der Waals surface area contributed by atoms with Crippen molar-refractivity contribution in [1.29, 1.82) is 0 Å². The van der Waals surface area contributed by atoms with E-state index in [4.69, 9.17) is 0 Å². The summed E-state index contributed by atoms with van der Waals surface area (Å²) in [5, 5.41) is 0. The molecule has 1 heterocycles. The second-order valence-corrected chi connectivity index (χ2v) is 3.97. The van der Waals surface area contributed by atoms with E-state index in [0.717, 1.165) is 12.0 Å². The Morgan fingerprint density at radius 3 is 2.42 bits per heavy atom. The largest absolute Gasteiger partial charge is 1.00 e. The monoisotopic (exact) mass is 235 g/mol. The van der Waals surface area contributed by atoms with Gasteiger partial charge in [-0.25, -0.2) is 0 Å². The Hall–Kier alpha value is 0.440. The summed E-state index contributed by atoms with van der Waals surface area (Å²) >= 11 is 0. The van der Waals surface area contributed by atoms with E-state index in [1.807, 2.05) is 4.90 Å². The molecule has 1 nitrogen and oxygen atoms in total. The average molecular weight is 236 g/mol. The van der Waals surface area contributed by atoms with Crippen LogP contribution in [-0.2, 0) is 0 Å². The van der Waals surface area contributed by atoms with Gasteiger partial charge in [0, 0.05) is 5.92 Å². The maximum Gasteiger partial charge on any atom is 0.0846 e. The van der Waals surface area contributed by atoms with Gasteiger partial charge < -0.3 is 21.9 Å². The molecule has 3 unspecified atom stereocenters. The zero-order chi connectivity index (χ0) is 8.27. The van der Waals surface area contributed by atoms with Crippen LogP contribution in [0.2, 0.25) is 0 Å². The number of nitrogens with one attached hydrogen (secondary N) is 1. The van der Waals surface area contributed by atoms with E-state index in [2.05, 4.69) is 20.8 Å². The van der Waals surface area contributed by atoms with Gasteiger partial charge >= 0.3 is 0 Å². The van der Waals surface area contributed by atoms with Gasteiger partial charge in [-0.3, -0.25) is 0 Å². The lowest BCUT2D eigenvalue weighted by molar-refractivity contribution is -0.930. The molecule has 1 N–H and O–H groups in total. The highest BCUT2D eigenvalue weighted by molar-refractivity contribution is 4.63. The van der Waals surface area contributed by atoms with Crippen molar-refractivity contribution in [2.45, 2.75) is 46.1 Å². The molecule has 1 aliphatic heterocycles. The van der Waals surface area contributed by atoms with Gasteiger partial charge in [-0.15, -0.1) is 0 Å². The highest BCUT2D eigenvalue weighted by Crippen LogP contribution is 2.13. The first-order valence-electron chi connectivity index (χ1n) is 5.12. The number of piperidine rings is 1. The quantitative estimate of drug-likeness (QED) is 0.571. The fraction of sp³-hybridized carbons (Fsp3) is 1.00. The first-order chi connectivity index (χ1) is 5.27. The smallest absolute Gasteiger partial charge is 0.0846 e. The lowest BCUT2D eigenvalue weighted by atomic mass is 9.92. The standard InChI is InChI=1S/C10H21N.BrH/c1-4-10-7-6-9(3)11(5-2)8-10;/h9-10H,4-8H2,1-3H3;1H. The molecule has 0 bridgehead atoms. The van der Waals surface area contributed by atoms with Gasteiger partial charge in [0.05, 0.1) is 19.1 Å². The molecule has 0 aromatic rings. The van der Waals surface area contributed by atoms with Crippen LogP contribution in [0.5, 0.6) is 0 Å². The maximum absolute atomic E-state index is 2.39. The third-order valence-corrected chi connectivity index (χ3v) is 3.29. The second kappa shape index (κ2) is 5.98. The number of rotatable bonds is 2. The Bertz CT molecular complexity index is 116. The summed E-state index contributed by atoms with van der Waals surface area (Å²) in [7, 11) is 0. The molecule has 3 atom stereocenters. The van der Waals surface area contributed by atoms with E-state index in [9.17, 15) is 0 Å². The molecule has 0 radical (unpaired) electrons. The lowest BCUT2D eigenvalue weighted by Gasteiger charge is -2.33. The maximum atomic E-state index is 2.39. The van der Waals surface area contributed by atoms with Crippen LogP contribution in [0.4, 0.5) is 0 Å². The molecule has 12 heavy (non-hydrogen) atoms. The summed E-state index contributed by atoms with van der Waals surface area (Å²) in [6.07, 6.45) is 4.30. The van der Waals surface area contributed by atoms with Crippen molar-refractivity contribution in [3.05, 3.63) is 0 Å². The Kier molecular flexibility index (Phi) is 6.20. The Morgan fingerprint density at radius 2 is 1.92 bits per heavy atom. The molecule has 0 amide bonds. The predicted octanol–water partition coefficient (Wildman–Crippen LogP) is -1.90. The zero-order valence-corrected chi connectivity index (χ0v) is 10.2. The van der Waals surface area contributed by atoms with Crippen LogP contribution in [0.25, 0.3) is 0 Å². The molecular formula is C10H22BrN. The third kappa shape index (κ3) is 3.06. The normalized spacial score (nSPS) is 35.8. The molecule has 74 valence electrons. The Balaban J connectivity index is 0.00000121. The Morgan fingerprint density at radius 1 is 1.25 bits per heavy atom. The lowest BCUT2D eigenvalue weighted by Crippen LogP contribution is -3.16. The fourth-order valence-corrected chi connectivity index (χ4v) is 2.21. The molecule has 0 aromatic heterocycles. The molecule has 1 saturated heterocycles. The predicted molar refractivity (Wildman–Crippen MR) is 48.8 cm³/mol. The zero-order valence-electron chi connectivity index (χ0n) is 8.57. The number of hydrogen-bond acceptors (Lipinski definition) is 0. The molecule has 1 rings (SSSR count). The first-order valence-corrected chi connectivity index (χ1v) is 5.12. The van der Waals surface area contributed by atoms with Crippen molar-refractivity contribution in [2.24, 2.45) is 5.92 Å². The molecule has 0 aromatic carbocycles. The van der Waals surface area contributed by atoms with Gasteiger partial charge in [-0.1, -0.05) is 6.92 Å². The van der Waals surface area contributed by atoms with Crippen LogP contribution >= 0.6 is 0 Å². The molecule has 2 heteroatoms. The van der Waals surface area contributed by atoms with Gasteiger partial charge in [0.2, 0.25) is 0 Å². The van der Waals surface area contributed by atoms with E-state index in [-0.39, 0.29) is 17.0 Å². The molecular weight excluding hydrogens is 214 g/mol. The van der Waals surface area contributed by atoms with Gasteiger partial charge in [0.25, 0.3) is 0 Å². The van der Waals surface area contributed by atoms with Crippen LogP contribution in [0.15, 0.2) is 0 Å². The first kappa shape index (κ1) is 12.4. The minimum atomic E-state index is 0. The number of likely N-dealkylation sites (tertiary alicyclic amines) is 1. The van der Waals surface area contributed by atoms with E-state index >= 15 is 0 Å². The Labute approximate surface area is 87.3 Å². The van der Waals surface area contributed by atoms with Crippen molar-refractivity contribution < 1.29 is 21.9 Å². The van der Waals surface area contributed by atoms with E-state index in [0.29, 0.717) is 0 Å². The van der Waals surface area contributed by atoms with Gasteiger partial charge in [0.1, 0.15) is 0 Å². The van der Waals surface area contributed by atoms with Gasteiger partial charge in [-0.05, 0) is 33.1 Å². The minimum Gasteiger partial charge on any atom is -1.00 e. The molecule has 0 spiro atoms. The highest BCUT2D eigenvalue weighted by Gasteiger charge is 2.25. The summed E-state index contributed by atoms with van der Waals surface area (Å²) in [6.45, 7) is 9.77. The molecule has 1 fully saturated rings. The van der Waals surface area contributed by atoms with Crippen LogP contribution in [-0.4, -0.2) is 19.1 Å². The number of hydrogen-bond donors (Lipinski definition) is 1. The van der Waals surface area contributed by atoms with Crippen molar-refractivity contribution in [1.82, 2.24) is 0 Å². The van der Waals surface area contributed by atoms with Gasteiger partial charge in [0.15, 0.2) is 0 Å². The minimum absolute atomic E-state index is 0. The summed E-state index contributed by atoms with van der Waals surface area (Å²) in [6, 6.07) is 0.919. The molecule has 0 aliphatic carbocycles. The highest BCUT2D eigenvalue weighted by atomic mass is 79.9. The fourth-order valence-electron chi connectivity index (χ4n) is 2.21. The van der Waals surface area contributed by atoms with E-state index < -0.39 is 0 Å². The second-order valence-electron chi connectivity index (χ2n) is 3.97. The van der Waals surface area contributed by atoms with E-state index in [1.165, 1.54) is 32.4 Å². The SMILES string of the molecule is CCC1CCC(C)[NH+](CC)C1.[Br-]. The van der Waals surface area contributed by atoms with Crippen molar-refractivity contribution >= 4 is 0 Å². The van der Waals surface area contributed by atoms with Crippen molar-refractivity contribution in [3.8, 4) is 0 Å². The molecule has 1 aliphatic rings. The van der Waals surface area contributed by atoms with Crippen LogP contribution in [0.1, 0.15) is 40.0 Å². The van der Waals surface area contributed by atoms with Gasteiger partial charge in [-0.2, -0.15) is 0 Å². The third-order valence-electron chi connectivity index (χ3n) is 3.29. The summed E-state index contributed by atoms with van der Waals surface area (Å²) in [5.41, 5.74) is 0. The summed E-state index contributed by atoms with van der Waals surface area (Å²) < 4.78 is 0. The van der Waals surface area contributed by atoms with Crippen molar-refractivity contribution in [2.75, 3.05) is 13.1 Å². The topological polar surface area (TPSA) is 4.44 Å².